The number of nitrogens with two attached hydrogens (primary N) is 1. The van der Waals surface area contributed by atoms with Gasteiger partial charge in [0.2, 0.25) is 0 Å². The maximum absolute atomic E-state index is 5.81. The van der Waals surface area contributed by atoms with Crippen LogP contribution in [0.5, 0.6) is 0 Å². The Labute approximate surface area is 84.8 Å². The predicted octanol–water partition coefficient (Wildman–Crippen LogP) is 2.64. The first-order valence-electron chi connectivity index (χ1n) is 3.27. The van der Waals surface area contributed by atoms with Gasteiger partial charge in [0.05, 0.1) is 4.21 Å². The Morgan fingerprint density at radius 2 is 2.42 bits per heavy atom. The molecule has 5 heteroatoms. The molecule has 0 amide bonds. The SMILES string of the molecule is CSc1sc(C)cc1C(Cl)=NN. The molecule has 0 unspecified atom stereocenters. The summed E-state index contributed by atoms with van der Waals surface area (Å²) in [5.74, 6) is 5.09. The van der Waals surface area contributed by atoms with Crippen LogP contribution in [-0.2, 0) is 0 Å². The molecule has 2 N–H and O–H groups in total. The van der Waals surface area contributed by atoms with E-state index in [1.807, 2.05) is 19.2 Å². The lowest BCUT2D eigenvalue weighted by Gasteiger charge is -1.94. The van der Waals surface area contributed by atoms with Crippen molar-refractivity contribution in [3.8, 4) is 0 Å². The van der Waals surface area contributed by atoms with Crippen LogP contribution in [0.15, 0.2) is 15.4 Å². The van der Waals surface area contributed by atoms with Gasteiger partial charge in [0.15, 0.2) is 5.17 Å². The Kier molecular flexibility index (Phi) is 3.43. The maximum Gasteiger partial charge on any atom is 0.157 e. The number of nitrogens with zero attached hydrogens (tertiary/aromatic N) is 1. The fourth-order valence-electron chi connectivity index (χ4n) is 0.858. The second kappa shape index (κ2) is 4.16. The zero-order valence-electron chi connectivity index (χ0n) is 6.80. The van der Waals surface area contributed by atoms with Crippen LogP contribution in [0.4, 0.5) is 0 Å². The first-order valence-corrected chi connectivity index (χ1v) is 5.69. The van der Waals surface area contributed by atoms with Crippen LogP contribution in [0.3, 0.4) is 0 Å². The van der Waals surface area contributed by atoms with Gasteiger partial charge in [-0.15, -0.1) is 23.1 Å². The van der Waals surface area contributed by atoms with Crippen molar-refractivity contribution in [3.05, 3.63) is 16.5 Å². The van der Waals surface area contributed by atoms with E-state index >= 15 is 0 Å². The Morgan fingerprint density at radius 3 is 2.92 bits per heavy atom. The molecule has 0 aliphatic rings. The van der Waals surface area contributed by atoms with Crippen LogP contribution in [0, 0.1) is 6.92 Å². The molecule has 0 aromatic carbocycles. The summed E-state index contributed by atoms with van der Waals surface area (Å²) < 4.78 is 1.16. The van der Waals surface area contributed by atoms with Gasteiger partial charge in [-0.2, -0.15) is 5.10 Å². The summed E-state index contributed by atoms with van der Waals surface area (Å²) >= 11 is 9.16. The summed E-state index contributed by atoms with van der Waals surface area (Å²) in [6, 6.07) is 2.00. The summed E-state index contributed by atoms with van der Waals surface area (Å²) in [5, 5.41) is 3.83. The number of thioether (sulfide) groups is 1. The van der Waals surface area contributed by atoms with Gasteiger partial charge in [0, 0.05) is 10.4 Å². The van der Waals surface area contributed by atoms with E-state index in [4.69, 9.17) is 17.4 Å². The first-order chi connectivity index (χ1) is 5.69. The fraction of sp³-hybridized carbons (Fsp3) is 0.286. The molecule has 0 fully saturated rings. The molecule has 0 radical (unpaired) electrons. The smallest absolute Gasteiger partial charge is 0.157 e. The van der Waals surface area contributed by atoms with Crippen LogP contribution in [0.25, 0.3) is 0 Å². The first kappa shape index (κ1) is 9.89. The van der Waals surface area contributed by atoms with E-state index in [0.29, 0.717) is 5.17 Å². The zero-order valence-corrected chi connectivity index (χ0v) is 9.19. The average molecular weight is 221 g/mol. The summed E-state index contributed by atoms with van der Waals surface area (Å²) in [6.45, 7) is 2.04. The van der Waals surface area contributed by atoms with E-state index in [1.54, 1.807) is 23.1 Å². The molecule has 1 rings (SSSR count). The van der Waals surface area contributed by atoms with E-state index in [2.05, 4.69) is 5.10 Å². The van der Waals surface area contributed by atoms with Crippen molar-refractivity contribution in [1.29, 1.82) is 0 Å². The van der Waals surface area contributed by atoms with E-state index in [9.17, 15) is 0 Å². The van der Waals surface area contributed by atoms with Crippen molar-refractivity contribution < 1.29 is 0 Å². The second-order valence-corrected chi connectivity index (χ2v) is 4.87. The molecule has 0 aliphatic carbocycles. The van der Waals surface area contributed by atoms with Gasteiger partial charge in [-0.05, 0) is 19.2 Å². The topological polar surface area (TPSA) is 38.4 Å². The molecular weight excluding hydrogens is 212 g/mol. The number of hydrogen-bond acceptors (Lipinski definition) is 4. The lowest BCUT2D eigenvalue weighted by Crippen LogP contribution is -1.94. The molecule has 1 aromatic heterocycles. The van der Waals surface area contributed by atoms with Gasteiger partial charge >= 0.3 is 0 Å². The van der Waals surface area contributed by atoms with E-state index < -0.39 is 0 Å². The molecule has 0 atom stereocenters. The number of hydrogen-bond donors (Lipinski definition) is 1. The summed E-state index contributed by atoms with van der Waals surface area (Å²) in [4.78, 5) is 1.22. The van der Waals surface area contributed by atoms with Gasteiger partial charge in [-0.1, -0.05) is 11.6 Å². The largest absolute Gasteiger partial charge is 0.322 e. The molecule has 66 valence electrons. The highest BCUT2D eigenvalue weighted by atomic mass is 35.5. The van der Waals surface area contributed by atoms with Crippen molar-refractivity contribution in [1.82, 2.24) is 0 Å². The van der Waals surface area contributed by atoms with Crippen LogP contribution >= 0.6 is 34.7 Å². The molecule has 0 bridgehead atoms. The van der Waals surface area contributed by atoms with Crippen LogP contribution < -0.4 is 5.84 Å². The molecule has 1 aromatic rings. The van der Waals surface area contributed by atoms with Crippen LogP contribution in [0.1, 0.15) is 10.4 Å². The van der Waals surface area contributed by atoms with Crippen LogP contribution in [0.2, 0.25) is 0 Å². The number of hydrazone groups is 1. The van der Waals surface area contributed by atoms with Gasteiger partial charge in [0.1, 0.15) is 0 Å². The Bertz CT molecular complexity index is 306. The van der Waals surface area contributed by atoms with Crippen molar-refractivity contribution in [3.63, 3.8) is 0 Å². The average Bonchev–Trinajstić information content (AvgIpc) is 2.45. The molecule has 0 saturated carbocycles. The molecule has 2 nitrogen and oxygen atoms in total. The van der Waals surface area contributed by atoms with E-state index in [1.165, 1.54) is 4.88 Å². The molecule has 1 heterocycles. The predicted molar refractivity (Wildman–Crippen MR) is 57.4 cm³/mol. The highest BCUT2D eigenvalue weighted by Crippen LogP contribution is 2.31. The Hall–Kier alpha value is -0.190. The number of aryl methyl sites for hydroxylation is 1. The number of halogens is 1. The van der Waals surface area contributed by atoms with Gasteiger partial charge in [-0.3, -0.25) is 0 Å². The van der Waals surface area contributed by atoms with Gasteiger partial charge in [-0.25, -0.2) is 0 Å². The van der Waals surface area contributed by atoms with Crippen molar-refractivity contribution >= 4 is 39.9 Å². The quantitative estimate of drug-likeness (QED) is 0.360. The van der Waals surface area contributed by atoms with Crippen molar-refractivity contribution in [2.75, 3.05) is 6.26 Å². The second-order valence-electron chi connectivity index (χ2n) is 2.18. The molecular formula is C7H9ClN2S2. The normalized spacial score (nSPS) is 12.1. The van der Waals surface area contributed by atoms with Gasteiger partial charge < -0.3 is 5.84 Å². The molecule has 0 spiro atoms. The van der Waals surface area contributed by atoms with E-state index in [0.717, 1.165) is 9.77 Å². The number of rotatable bonds is 2. The lowest BCUT2D eigenvalue weighted by atomic mass is 10.3. The minimum absolute atomic E-state index is 0.378. The third kappa shape index (κ3) is 1.94. The van der Waals surface area contributed by atoms with Crippen molar-refractivity contribution in [2.24, 2.45) is 10.9 Å². The number of thiophene rings is 1. The Balaban J connectivity index is 3.13. The summed E-state index contributed by atoms with van der Waals surface area (Å²) in [5.41, 5.74) is 0.939. The summed E-state index contributed by atoms with van der Waals surface area (Å²) in [7, 11) is 0. The van der Waals surface area contributed by atoms with Crippen LogP contribution in [-0.4, -0.2) is 11.4 Å². The van der Waals surface area contributed by atoms with Gasteiger partial charge in [0.25, 0.3) is 0 Å². The minimum Gasteiger partial charge on any atom is -0.322 e. The third-order valence-electron chi connectivity index (χ3n) is 1.34. The molecule has 0 aliphatic heterocycles. The lowest BCUT2D eigenvalue weighted by molar-refractivity contribution is 1.25. The third-order valence-corrected chi connectivity index (χ3v) is 3.83. The molecule has 12 heavy (non-hydrogen) atoms. The summed E-state index contributed by atoms with van der Waals surface area (Å²) in [6.07, 6.45) is 2.01. The maximum atomic E-state index is 5.81. The monoisotopic (exact) mass is 220 g/mol. The standard InChI is InChI=1S/C7H9ClN2S2/c1-4-3-5(6(8)10-9)7(11-2)12-4/h3H,9H2,1-2H3. The highest BCUT2D eigenvalue weighted by molar-refractivity contribution is 8.00. The zero-order chi connectivity index (χ0) is 9.14. The Morgan fingerprint density at radius 1 is 1.75 bits per heavy atom. The fourth-order valence-corrected chi connectivity index (χ4v) is 2.96. The van der Waals surface area contributed by atoms with Crippen molar-refractivity contribution in [2.45, 2.75) is 11.1 Å². The minimum atomic E-state index is 0.378. The molecule has 0 saturated heterocycles. The van der Waals surface area contributed by atoms with E-state index in [-0.39, 0.29) is 0 Å². The highest BCUT2D eigenvalue weighted by Gasteiger charge is 2.09.